The molecule has 0 aliphatic carbocycles. The predicted molar refractivity (Wildman–Crippen MR) is 100 cm³/mol. The zero-order valence-electron chi connectivity index (χ0n) is 13.1. The van der Waals surface area contributed by atoms with Crippen LogP contribution >= 0.6 is 34.2 Å². The fourth-order valence-corrected chi connectivity index (χ4v) is 2.79. The molecule has 0 aliphatic rings. The van der Waals surface area contributed by atoms with E-state index in [2.05, 4.69) is 27.9 Å². The van der Waals surface area contributed by atoms with Gasteiger partial charge in [0, 0.05) is 9.64 Å². The number of aliphatic hydroxyl groups is 2. The van der Waals surface area contributed by atoms with Crippen molar-refractivity contribution >= 4 is 51.5 Å². The minimum atomic E-state index is -1.22. The number of nitrogens with one attached hydrogen (secondary N) is 2. The van der Waals surface area contributed by atoms with E-state index in [1.807, 2.05) is 5.48 Å². The fraction of sp³-hybridized carbons (Fsp3) is 0.188. The van der Waals surface area contributed by atoms with Crippen molar-refractivity contribution in [3.63, 3.8) is 0 Å². The van der Waals surface area contributed by atoms with Crippen LogP contribution in [0.2, 0.25) is 5.02 Å². The molecule has 10 heteroatoms. The Hall–Kier alpha value is -1.53. The van der Waals surface area contributed by atoms with Gasteiger partial charge in [0.1, 0.15) is 12.7 Å². The number of aliphatic hydroxyl groups excluding tert-OH is 2. The van der Waals surface area contributed by atoms with Gasteiger partial charge in [-0.2, -0.15) is 0 Å². The third kappa shape index (κ3) is 5.48. The summed E-state index contributed by atoms with van der Waals surface area (Å²) in [5, 5.41) is 21.0. The molecule has 4 N–H and O–H groups in total. The van der Waals surface area contributed by atoms with Crippen LogP contribution < -0.4 is 10.8 Å². The number of carbonyl (C=O) groups excluding carboxylic acids is 1. The van der Waals surface area contributed by atoms with Crippen LogP contribution in [0, 0.1) is 15.2 Å². The zero-order chi connectivity index (χ0) is 19.3. The van der Waals surface area contributed by atoms with Gasteiger partial charge in [0.15, 0.2) is 11.6 Å². The van der Waals surface area contributed by atoms with E-state index in [0.717, 1.165) is 9.64 Å². The second-order valence-electron chi connectivity index (χ2n) is 5.14. The average Bonchev–Trinajstić information content (AvgIpc) is 2.59. The van der Waals surface area contributed by atoms with E-state index in [-0.39, 0.29) is 17.9 Å². The molecule has 1 amide bonds. The Bertz CT molecular complexity index is 810. The van der Waals surface area contributed by atoms with Crippen LogP contribution in [0.5, 0.6) is 0 Å². The van der Waals surface area contributed by atoms with Gasteiger partial charge in [-0.15, -0.1) is 0 Å². The summed E-state index contributed by atoms with van der Waals surface area (Å²) in [7, 11) is 0. The molecule has 0 saturated heterocycles. The van der Waals surface area contributed by atoms with Crippen LogP contribution in [0.4, 0.5) is 20.2 Å². The molecule has 0 fully saturated rings. The Kier molecular flexibility index (Phi) is 7.53. The van der Waals surface area contributed by atoms with Gasteiger partial charge < -0.3 is 15.5 Å². The maximum Gasteiger partial charge on any atom is 0.277 e. The van der Waals surface area contributed by atoms with Crippen LogP contribution in [0.3, 0.4) is 0 Å². The summed E-state index contributed by atoms with van der Waals surface area (Å²) in [6, 6.07) is 6.55. The SMILES string of the molecule is O=C(NOCC(O)CO)c1cc(F)c(F)cc1Nc1ccc(I)cc1Cl. The molecule has 6 nitrogen and oxygen atoms in total. The Balaban J connectivity index is 2.25. The first-order valence-corrected chi connectivity index (χ1v) is 8.69. The predicted octanol–water partition coefficient (Wildman–Crippen LogP) is 2.98. The Labute approximate surface area is 166 Å². The molecule has 1 unspecified atom stereocenters. The number of hydrogen-bond donors (Lipinski definition) is 4. The molecule has 0 aromatic heterocycles. The molecule has 2 aromatic rings. The van der Waals surface area contributed by atoms with Crippen molar-refractivity contribution in [2.45, 2.75) is 6.10 Å². The average molecular weight is 499 g/mol. The summed E-state index contributed by atoms with van der Waals surface area (Å²) >= 11 is 8.17. The van der Waals surface area contributed by atoms with Gasteiger partial charge in [-0.3, -0.25) is 9.63 Å². The second-order valence-corrected chi connectivity index (χ2v) is 6.79. The first-order valence-electron chi connectivity index (χ1n) is 7.24. The molecule has 26 heavy (non-hydrogen) atoms. The van der Waals surface area contributed by atoms with Crippen molar-refractivity contribution in [2.75, 3.05) is 18.5 Å². The molecule has 0 bridgehead atoms. The van der Waals surface area contributed by atoms with Gasteiger partial charge in [0.25, 0.3) is 5.91 Å². The number of anilines is 2. The molecule has 2 aromatic carbocycles. The largest absolute Gasteiger partial charge is 0.394 e. The molecule has 140 valence electrons. The third-order valence-electron chi connectivity index (χ3n) is 3.16. The van der Waals surface area contributed by atoms with Gasteiger partial charge in [0.2, 0.25) is 0 Å². The highest BCUT2D eigenvalue weighted by molar-refractivity contribution is 14.1. The monoisotopic (exact) mass is 498 g/mol. The molecule has 0 spiro atoms. The van der Waals surface area contributed by atoms with Gasteiger partial charge in [-0.25, -0.2) is 14.3 Å². The van der Waals surface area contributed by atoms with E-state index in [0.29, 0.717) is 16.8 Å². The summed E-state index contributed by atoms with van der Waals surface area (Å²) in [6.07, 6.45) is -1.19. The second kappa shape index (κ2) is 9.42. The quantitative estimate of drug-likeness (QED) is 0.348. The highest BCUT2D eigenvalue weighted by atomic mass is 127. The lowest BCUT2D eigenvalue weighted by atomic mass is 10.1. The Morgan fingerprint density at radius 1 is 1.23 bits per heavy atom. The first-order chi connectivity index (χ1) is 12.3. The lowest BCUT2D eigenvalue weighted by molar-refractivity contribution is -0.0295. The number of amides is 1. The van der Waals surface area contributed by atoms with Crippen molar-refractivity contribution in [2.24, 2.45) is 0 Å². The topological polar surface area (TPSA) is 90.8 Å². The smallest absolute Gasteiger partial charge is 0.277 e. The molecule has 0 radical (unpaired) electrons. The van der Waals surface area contributed by atoms with Crippen LogP contribution in [-0.2, 0) is 4.84 Å². The summed E-state index contributed by atoms with van der Waals surface area (Å²) in [6.45, 7) is -0.934. The van der Waals surface area contributed by atoms with E-state index >= 15 is 0 Å². The van der Waals surface area contributed by atoms with E-state index in [1.165, 1.54) is 0 Å². The minimum Gasteiger partial charge on any atom is -0.394 e. The zero-order valence-corrected chi connectivity index (χ0v) is 16.0. The van der Waals surface area contributed by atoms with Crippen LogP contribution in [0.25, 0.3) is 0 Å². The standard InChI is InChI=1S/C16H14ClF2IN2O4/c17-11-3-8(20)1-2-14(11)21-15-5-13(19)12(18)4-10(15)16(25)22-26-7-9(24)6-23/h1-5,9,21,23-24H,6-7H2,(H,22,25). The van der Waals surface area contributed by atoms with Crippen molar-refractivity contribution in [1.82, 2.24) is 5.48 Å². The van der Waals surface area contributed by atoms with Crippen LogP contribution in [0.1, 0.15) is 10.4 Å². The summed E-state index contributed by atoms with van der Waals surface area (Å²) in [5.41, 5.74) is 2.11. The van der Waals surface area contributed by atoms with E-state index in [1.54, 1.807) is 18.2 Å². The summed E-state index contributed by atoms with van der Waals surface area (Å²) < 4.78 is 28.1. The number of carbonyl (C=O) groups is 1. The molecule has 0 saturated carbocycles. The Morgan fingerprint density at radius 2 is 1.92 bits per heavy atom. The number of rotatable bonds is 7. The molecular weight excluding hydrogens is 485 g/mol. The Morgan fingerprint density at radius 3 is 2.58 bits per heavy atom. The lowest BCUT2D eigenvalue weighted by Gasteiger charge is -2.15. The van der Waals surface area contributed by atoms with Crippen molar-refractivity contribution < 1.29 is 28.6 Å². The van der Waals surface area contributed by atoms with Gasteiger partial charge in [0.05, 0.1) is 28.6 Å². The van der Waals surface area contributed by atoms with Gasteiger partial charge in [-0.05, 0) is 46.9 Å². The molecule has 1 atom stereocenters. The number of benzene rings is 2. The molecule has 0 heterocycles. The summed E-state index contributed by atoms with van der Waals surface area (Å²) in [5.74, 6) is -3.25. The maximum absolute atomic E-state index is 13.6. The number of hydroxylamine groups is 1. The van der Waals surface area contributed by atoms with Crippen molar-refractivity contribution in [3.05, 3.63) is 56.1 Å². The van der Waals surface area contributed by atoms with Crippen molar-refractivity contribution in [1.29, 1.82) is 0 Å². The van der Waals surface area contributed by atoms with Crippen LogP contribution in [-0.4, -0.2) is 35.4 Å². The molecule has 0 aliphatic heterocycles. The van der Waals surface area contributed by atoms with Crippen LogP contribution in [0.15, 0.2) is 30.3 Å². The number of hydrogen-bond acceptors (Lipinski definition) is 5. The highest BCUT2D eigenvalue weighted by Crippen LogP contribution is 2.30. The lowest BCUT2D eigenvalue weighted by Crippen LogP contribution is -2.30. The highest BCUT2D eigenvalue weighted by Gasteiger charge is 2.18. The maximum atomic E-state index is 13.6. The molecule has 2 rings (SSSR count). The minimum absolute atomic E-state index is 0.0317. The molecular formula is C16H14ClF2IN2O4. The third-order valence-corrected chi connectivity index (χ3v) is 4.14. The first kappa shape index (κ1) is 20.8. The van der Waals surface area contributed by atoms with Gasteiger partial charge in [-0.1, -0.05) is 11.6 Å². The van der Waals surface area contributed by atoms with Crippen molar-refractivity contribution in [3.8, 4) is 0 Å². The van der Waals surface area contributed by atoms with Gasteiger partial charge >= 0.3 is 0 Å². The van der Waals surface area contributed by atoms with E-state index in [4.69, 9.17) is 26.7 Å². The van der Waals surface area contributed by atoms with E-state index in [9.17, 15) is 13.6 Å². The summed E-state index contributed by atoms with van der Waals surface area (Å²) in [4.78, 5) is 16.9. The fourth-order valence-electron chi connectivity index (χ4n) is 1.89. The number of halogens is 4. The normalized spacial score (nSPS) is 11.9. The van der Waals surface area contributed by atoms with E-state index < -0.39 is 30.3 Å².